The number of para-hydroxylation sites is 1. The fourth-order valence-corrected chi connectivity index (χ4v) is 2.82. The molecule has 0 unspecified atom stereocenters. The molecule has 1 aromatic carbocycles. The largest absolute Gasteiger partial charge is 0.378 e. The smallest absolute Gasteiger partial charge is 0.255 e. The normalized spacial score (nSPS) is 14.5. The van der Waals surface area contributed by atoms with Crippen molar-refractivity contribution >= 4 is 5.91 Å². The molecule has 3 aromatic rings. The molecule has 1 fully saturated rings. The van der Waals surface area contributed by atoms with Crippen molar-refractivity contribution in [3.63, 3.8) is 0 Å². The number of carbonyl (C=O) groups is 1. The second-order valence-corrected chi connectivity index (χ2v) is 5.85. The molecule has 1 aliphatic rings. The van der Waals surface area contributed by atoms with E-state index in [4.69, 9.17) is 4.74 Å². The van der Waals surface area contributed by atoms with Gasteiger partial charge in [-0.3, -0.25) is 9.78 Å². The van der Waals surface area contributed by atoms with Gasteiger partial charge in [0.05, 0.1) is 36.4 Å². The van der Waals surface area contributed by atoms with Crippen LogP contribution in [0.1, 0.15) is 10.4 Å². The molecule has 1 saturated heterocycles. The maximum Gasteiger partial charge on any atom is 0.255 e. The number of hydrogen-bond donors (Lipinski definition) is 0. The van der Waals surface area contributed by atoms with E-state index in [9.17, 15) is 4.79 Å². The molecule has 0 radical (unpaired) electrons. The topological polar surface area (TPSA) is 60.2 Å². The van der Waals surface area contributed by atoms with Gasteiger partial charge < -0.3 is 9.64 Å². The third-order valence-corrected chi connectivity index (χ3v) is 4.21. The minimum absolute atomic E-state index is 0.00216. The van der Waals surface area contributed by atoms with Gasteiger partial charge in [0.25, 0.3) is 5.91 Å². The average molecular weight is 334 g/mol. The Bertz CT molecular complexity index is 853. The Hall–Kier alpha value is -2.99. The van der Waals surface area contributed by atoms with Crippen molar-refractivity contribution in [1.82, 2.24) is 19.7 Å². The molecule has 4 rings (SSSR count). The summed E-state index contributed by atoms with van der Waals surface area (Å²) in [5, 5.41) is 4.38. The number of pyridine rings is 1. The first-order valence-corrected chi connectivity index (χ1v) is 8.25. The summed E-state index contributed by atoms with van der Waals surface area (Å²) in [5.41, 5.74) is 3.30. The summed E-state index contributed by atoms with van der Waals surface area (Å²) in [6, 6.07) is 13.6. The van der Waals surface area contributed by atoms with Gasteiger partial charge >= 0.3 is 0 Å². The number of aromatic nitrogens is 3. The van der Waals surface area contributed by atoms with Gasteiger partial charge in [-0.25, -0.2) is 4.68 Å². The number of amides is 1. The van der Waals surface area contributed by atoms with E-state index in [1.165, 1.54) is 0 Å². The molecule has 1 amide bonds. The van der Waals surface area contributed by atoms with Crippen LogP contribution in [0.3, 0.4) is 0 Å². The number of benzene rings is 1. The van der Waals surface area contributed by atoms with Crippen LogP contribution in [-0.4, -0.2) is 51.9 Å². The summed E-state index contributed by atoms with van der Waals surface area (Å²) < 4.78 is 7.09. The zero-order chi connectivity index (χ0) is 17.1. The van der Waals surface area contributed by atoms with E-state index >= 15 is 0 Å². The Morgan fingerprint density at radius 2 is 1.80 bits per heavy atom. The molecule has 0 aliphatic carbocycles. The van der Waals surface area contributed by atoms with Crippen molar-refractivity contribution in [3.05, 3.63) is 66.6 Å². The van der Waals surface area contributed by atoms with Gasteiger partial charge in [0.15, 0.2) is 0 Å². The van der Waals surface area contributed by atoms with E-state index in [-0.39, 0.29) is 5.91 Å². The summed E-state index contributed by atoms with van der Waals surface area (Å²) in [5.74, 6) is 0.00216. The summed E-state index contributed by atoms with van der Waals surface area (Å²) in [6.07, 6.45) is 5.34. The van der Waals surface area contributed by atoms with Crippen molar-refractivity contribution in [3.8, 4) is 16.9 Å². The van der Waals surface area contributed by atoms with Crippen LogP contribution in [0, 0.1) is 0 Å². The Balaban J connectivity index is 1.52. The summed E-state index contributed by atoms with van der Waals surface area (Å²) in [4.78, 5) is 18.7. The van der Waals surface area contributed by atoms with Gasteiger partial charge in [-0.15, -0.1) is 0 Å². The van der Waals surface area contributed by atoms with Gasteiger partial charge in [0, 0.05) is 31.0 Å². The van der Waals surface area contributed by atoms with E-state index in [0.29, 0.717) is 31.9 Å². The van der Waals surface area contributed by atoms with Crippen molar-refractivity contribution in [2.45, 2.75) is 0 Å². The molecule has 0 atom stereocenters. The monoisotopic (exact) mass is 334 g/mol. The summed E-state index contributed by atoms with van der Waals surface area (Å²) in [6.45, 7) is 2.45. The lowest BCUT2D eigenvalue weighted by Gasteiger charge is -2.26. The van der Waals surface area contributed by atoms with Crippen LogP contribution in [0.2, 0.25) is 0 Å². The van der Waals surface area contributed by atoms with E-state index < -0.39 is 0 Å². The third-order valence-electron chi connectivity index (χ3n) is 4.21. The SMILES string of the molecule is O=C(c1ccc(-c2cnn(-c3ccccc3)c2)nc1)N1CCOCC1. The molecule has 0 spiro atoms. The fraction of sp³-hybridized carbons (Fsp3) is 0.211. The molecule has 6 heteroatoms. The second kappa shape index (κ2) is 6.86. The third kappa shape index (κ3) is 3.29. The molecule has 2 aromatic heterocycles. The van der Waals surface area contributed by atoms with Crippen LogP contribution in [0.4, 0.5) is 0 Å². The maximum atomic E-state index is 12.5. The molecule has 25 heavy (non-hydrogen) atoms. The van der Waals surface area contributed by atoms with Crippen molar-refractivity contribution in [2.24, 2.45) is 0 Å². The molecular formula is C19H18N4O2. The highest BCUT2D eigenvalue weighted by atomic mass is 16.5. The summed E-state index contributed by atoms with van der Waals surface area (Å²) >= 11 is 0. The van der Waals surface area contributed by atoms with Crippen molar-refractivity contribution < 1.29 is 9.53 Å². The molecule has 1 aliphatic heterocycles. The molecule has 0 N–H and O–H groups in total. The molecule has 0 saturated carbocycles. The van der Waals surface area contributed by atoms with Crippen LogP contribution in [-0.2, 0) is 4.74 Å². The highest BCUT2D eigenvalue weighted by Gasteiger charge is 2.18. The first-order valence-electron chi connectivity index (χ1n) is 8.25. The Morgan fingerprint density at radius 3 is 2.52 bits per heavy atom. The number of rotatable bonds is 3. The quantitative estimate of drug-likeness (QED) is 0.738. The van der Waals surface area contributed by atoms with Crippen molar-refractivity contribution in [1.29, 1.82) is 0 Å². The summed E-state index contributed by atoms with van der Waals surface area (Å²) in [7, 11) is 0. The van der Waals surface area contributed by atoms with Gasteiger partial charge in [-0.2, -0.15) is 5.10 Å². The van der Waals surface area contributed by atoms with Crippen LogP contribution in [0.25, 0.3) is 16.9 Å². The highest BCUT2D eigenvalue weighted by Crippen LogP contribution is 2.19. The van der Waals surface area contributed by atoms with Crippen LogP contribution >= 0.6 is 0 Å². The van der Waals surface area contributed by atoms with E-state index in [0.717, 1.165) is 16.9 Å². The maximum absolute atomic E-state index is 12.5. The molecule has 126 valence electrons. The molecule has 0 bridgehead atoms. The number of morpholine rings is 1. The van der Waals surface area contributed by atoms with Crippen LogP contribution in [0.15, 0.2) is 61.1 Å². The predicted octanol–water partition coefficient (Wildman–Crippen LogP) is 2.41. The zero-order valence-electron chi connectivity index (χ0n) is 13.7. The predicted molar refractivity (Wildman–Crippen MR) is 93.5 cm³/mol. The number of ether oxygens (including phenoxy) is 1. The number of carbonyl (C=O) groups excluding carboxylic acids is 1. The highest BCUT2D eigenvalue weighted by molar-refractivity contribution is 5.94. The van der Waals surface area contributed by atoms with Crippen LogP contribution < -0.4 is 0 Å². The lowest BCUT2D eigenvalue weighted by molar-refractivity contribution is 0.0302. The van der Waals surface area contributed by atoms with E-state index in [1.807, 2.05) is 53.3 Å². The Labute approximate surface area is 145 Å². The number of hydrogen-bond acceptors (Lipinski definition) is 4. The minimum atomic E-state index is 0.00216. The van der Waals surface area contributed by atoms with Gasteiger partial charge in [-0.05, 0) is 24.3 Å². The average Bonchev–Trinajstić information content (AvgIpc) is 3.19. The van der Waals surface area contributed by atoms with Crippen LogP contribution in [0.5, 0.6) is 0 Å². The number of nitrogens with zero attached hydrogens (tertiary/aromatic N) is 4. The molecule has 3 heterocycles. The minimum Gasteiger partial charge on any atom is -0.378 e. The first kappa shape index (κ1) is 15.5. The lowest BCUT2D eigenvalue weighted by atomic mass is 10.2. The van der Waals surface area contributed by atoms with Gasteiger partial charge in [0.1, 0.15) is 0 Å². The zero-order valence-corrected chi connectivity index (χ0v) is 13.7. The Kier molecular flexibility index (Phi) is 4.26. The van der Waals surface area contributed by atoms with Crippen molar-refractivity contribution in [2.75, 3.05) is 26.3 Å². The second-order valence-electron chi connectivity index (χ2n) is 5.85. The van der Waals surface area contributed by atoms with E-state index in [2.05, 4.69) is 10.1 Å². The fourth-order valence-electron chi connectivity index (χ4n) is 2.82. The molecule has 6 nitrogen and oxygen atoms in total. The van der Waals surface area contributed by atoms with Gasteiger partial charge in [0.2, 0.25) is 0 Å². The first-order chi connectivity index (χ1) is 12.3. The van der Waals surface area contributed by atoms with E-state index in [1.54, 1.807) is 17.3 Å². The standard InChI is InChI=1S/C19H18N4O2/c24-19(22-8-10-25-11-9-22)15-6-7-18(20-12-15)16-13-21-23(14-16)17-4-2-1-3-5-17/h1-7,12-14H,8-11H2. The lowest BCUT2D eigenvalue weighted by Crippen LogP contribution is -2.40. The van der Waals surface area contributed by atoms with Gasteiger partial charge in [-0.1, -0.05) is 18.2 Å². The molecular weight excluding hydrogens is 316 g/mol. The Morgan fingerprint density at radius 1 is 1.00 bits per heavy atom.